The molecule has 0 aliphatic carbocycles. The normalized spacial score (nSPS) is 11.4. The van der Waals surface area contributed by atoms with E-state index in [9.17, 15) is 9.59 Å². The van der Waals surface area contributed by atoms with Crippen molar-refractivity contribution in [2.75, 3.05) is 10.6 Å². The fourth-order valence-electron chi connectivity index (χ4n) is 2.84. The number of pyridine rings is 1. The maximum absolute atomic E-state index is 12.5. The van der Waals surface area contributed by atoms with Crippen molar-refractivity contribution < 1.29 is 14.3 Å². The maximum atomic E-state index is 12.5. The summed E-state index contributed by atoms with van der Waals surface area (Å²) < 4.78 is 7.15. The van der Waals surface area contributed by atoms with Crippen LogP contribution in [0.3, 0.4) is 0 Å². The molecule has 9 nitrogen and oxygen atoms in total. The van der Waals surface area contributed by atoms with Crippen molar-refractivity contribution in [1.82, 2.24) is 19.7 Å². The second-order valence-corrected chi connectivity index (χ2v) is 6.89. The van der Waals surface area contributed by atoms with E-state index in [4.69, 9.17) is 4.74 Å². The van der Waals surface area contributed by atoms with Crippen LogP contribution in [0.15, 0.2) is 85.7 Å². The molecule has 2 aromatic heterocycles. The van der Waals surface area contributed by atoms with E-state index in [2.05, 4.69) is 25.7 Å². The van der Waals surface area contributed by atoms with Gasteiger partial charge in [0.25, 0.3) is 5.91 Å². The number of nitrogens with one attached hydrogen (secondary N) is 2. The highest BCUT2D eigenvalue weighted by Gasteiger charge is 2.15. The smallest absolute Gasteiger partial charge is 0.255 e. The molecule has 1 atom stereocenters. The molecule has 2 aromatic carbocycles. The van der Waals surface area contributed by atoms with Gasteiger partial charge in [0.15, 0.2) is 0 Å². The number of hydrogen-bond donors (Lipinski definition) is 2. The minimum Gasteiger partial charge on any atom is -0.456 e. The summed E-state index contributed by atoms with van der Waals surface area (Å²) in [6.07, 6.45) is 6.14. The van der Waals surface area contributed by atoms with Gasteiger partial charge >= 0.3 is 0 Å². The Kier molecular flexibility index (Phi) is 6.17. The monoisotopic (exact) mass is 428 g/mol. The van der Waals surface area contributed by atoms with Crippen molar-refractivity contribution in [2.24, 2.45) is 0 Å². The fraction of sp³-hybridized carbons (Fsp3) is 0.0870. The number of carbonyl (C=O) groups is 2. The summed E-state index contributed by atoms with van der Waals surface area (Å²) >= 11 is 0. The quantitative estimate of drug-likeness (QED) is 0.462. The average Bonchev–Trinajstić information content (AvgIpc) is 3.36. The predicted molar refractivity (Wildman–Crippen MR) is 119 cm³/mol. The first kappa shape index (κ1) is 20.7. The lowest BCUT2D eigenvalue weighted by atomic mass is 10.2. The summed E-state index contributed by atoms with van der Waals surface area (Å²) in [7, 11) is 0. The topological polar surface area (TPSA) is 111 Å². The Morgan fingerprint density at radius 3 is 2.25 bits per heavy atom. The van der Waals surface area contributed by atoms with Gasteiger partial charge in [-0.15, -0.1) is 0 Å². The molecule has 4 rings (SSSR count). The van der Waals surface area contributed by atoms with Crippen LogP contribution in [0.5, 0.6) is 11.5 Å². The Bertz CT molecular complexity index is 1180. The van der Waals surface area contributed by atoms with Crippen LogP contribution < -0.4 is 15.4 Å². The molecule has 32 heavy (non-hydrogen) atoms. The third-order valence-corrected chi connectivity index (χ3v) is 4.61. The molecule has 0 saturated carbocycles. The summed E-state index contributed by atoms with van der Waals surface area (Å²) in [5, 5.41) is 9.61. The van der Waals surface area contributed by atoms with Crippen molar-refractivity contribution in [1.29, 1.82) is 0 Å². The third kappa shape index (κ3) is 5.14. The molecule has 9 heteroatoms. The molecule has 0 saturated heterocycles. The largest absolute Gasteiger partial charge is 0.456 e. The van der Waals surface area contributed by atoms with Crippen molar-refractivity contribution in [3.8, 4) is 11.5 Å². The van der Waals surface area contributed by atoms with Crippen LogP contribution in [0, 0.1) is 0 Å². The number of hydrogen-bond acceptors (Lipinski definition) is 6. The second kappa shape index (κ2) is 9.52. The van der Waals surface area contributed by atoms with E-state index in [0.717, 1.165) is 0 Å². The van der Waals surface area contributed by atoms with Crippen molar-refractivity contribution in [3.63, 3.8) is 0 Å². The Balaban J connectivity index is 1.33. The minimum atomic E-state index is -0.498. The Labute approximate surface area is 184 Å². The van der Waals surface area contributed by atoms with Crippen LogP contribution >= 0.6 is 0 Å². The predicted octanol–water partition coefficient (Wildman–Crippen LogP) is 3.92. The van der Waals surface area contributed by atoms with Gasteiger partial charge in [0.2, 0.25) is 5.91 Å². The van der Waals surface area contributed by atoms with Gasteiger partial charge in [-0.05, 0) is 67.6 Å². The maximum Gasteiger partial charge on any atom is 0.255 e. The van der Waals surface area contributed by atoms with Crippen LogP contribution in [0.4, 0.5) is 11.4 Å². The average molecular weight is 428 g/mol. The molecule has 2 amide bonds. The van der Waals surface area contributed by atoms with Gasteiger partial charge in [-0.2, -0.15) is 5.10 Å². The minimum absolute atomic E-state index is 0.221. The van der Waals surface area contributed by atoms with Crippen LogP contribution in [0.25, 0.3) is 0 Å². The molecule has 0 aliphatic heterocycles. The zero-order valence-corrected chi connectivity index (χ0v) is 17.2. The molecule has 2 N–H and O–H groups in total. The molecule has 0 aliphatic rings. The zero-order valence-electron chi connectivity index (χ0n) is 17.2. The molecular weight excluding hydrogens is 408 g/mol. The highest BCUT2D eigenvalue weighted by Crippen LogP contribution is 2.21. The first-order valence-electron chi connectivity index (χ1n) is 9.83. The highest BCUT2D eigenvalue weighted by atomic mass is 16.5. The number of aromatic nitrogens is 4. The first-order valence-corrected chi connectivity index (χ1v) is 9.83. The zero-order chi connectivity index (χ0) is 22.3. The highest BCUT2D eigenvalue weighted by molar-refractivity contribution is 6.04. The van der Waals surface area contributed by atoms with E-state index in [0.29, 0.717) is 28.4 Å². The Hall–Kier alpha value is -4.53. The Morgan fingerprint density at radius 2 is 1.62 bits per heavy atom. The summed E-state index contributed by atoms with van der Waals surface area (Å²) in [4.78, 5) is 32.7. The summed E-state index contributed by atoms with van der Waals surface area (Å²) in [6, 6.07) is 16.7. The SMILES string of the molecule is CC(C(=O)Nc1ccc(NC(=O)c2ccc(Oc3cccnc3)cc2)cc1)n1cncn1. The van der Waals surface area contributed by atoms with Crippen LogP contribution in [-0.4, -0.2) is 31.6 Å². The van der Waals surface area contributed by atoms with E-state index in [-0.39, 0.29) is 11.8 Å². The van der Waals surface area contributed by atoms with Gasteiger partial charge in [0.05, 0.1) is 6.20 Å². The lowest BCUT2D eigenvalue weighted by Crippen LogP contribution is -2.24. The van der Waals surface area contributed by atoms with Crippen molar-refractivity contribution in [2.45, 2.75) is 13.0 Å². The number of ether oxygens (including phenoxy) is 1. The van der Waals surface area contributed by atoms with Gasteiger partial charge < -0.3 is 15.4 Å². The van der Waals surface area contributed by atoms with E-state index in [1.807, 2.05) is 0 Å². The summed E-state index contributed by atoms with van der Waals surface area (Å²) in [6.45, 7) is 1.73. The molecule has 0 fully saturated rings. The van der Waals surface area contributed by atoms with Crippen molar-refractivity contribution >= 4 is 23.2 Å². The van der Waals surface area contributed by atoms with E-state index in [1.54, 1.807) is 80.0 Å². The fourth-order valence-corrected chi connectivity index (χ4v) is 2.84. The first-order chi connectivity index (χ1) is 15.6. The number of benzene rings is 2. The number of rotatable bonds is 7. The van der Waals surface area contributed by atoms with E-state index < -0.39 is 6.04 Å². The molecule has 0 bridgehead atoms. The van der Waals surface area contributed by atoms with Gasteiger partial charge in [-0.1, -0.05) is 0 Å². The molecule has 2 heterocycles. The van der Waals surface area contributed by atoms with Gasteiger partial charge in [0, 0.05) is 23.1 Å². The molecule has 1 unspecified atom stereocenters. The van der Waals surface area contributed by atoms with Crippen LogP contribution in [0.1, 0.15) is 23.3 Å². The van der Waals surface area contributed by atoms with E-state index in [1.165, 1.54) is 17.3 Å². The molecule has 160 valence electrons. The lowest BCUT2D eigenvalue weighted by molar-refractivity contribution is -0.119. The van der Waals surface area contributed by atoms with Gasteiger partial charge in [-0.3, -0.25) is 14.6 Å². The third-order valence-electron chi connectivity index (χ3n) is 4.61. The molecule has 0 radical (unpaired) electrons. The number of nitrogens with zero attached hydrogens (tertiary/aromatic N) is 4. The molecular formula is C23H20N6O3. The number of amides is 2. The Morgan fingerprint density at radius 1 is 0.906 bits per heavy atom. The number of anilines is 2. The lowest BCUT2D eigenvalue weighted by Gasteiger charge is -2.12. The molecule has 0 spiro atoms. The van der Waals surface area contributed by atoms with Gasteiger partial charge in [0.1, 0.15) is 30.2 Å². The van der Waals surface area contributed by atoms with E-state index >= 15 is 0 Å². The standard InChI is InChI=1S/C23H20N6O3/c1-16(29-15-25-14-26-29)22(30)27-18-6-8-19(9-7-18)28-23(31)17-4-10-20(11-5-17)32-21-3-2-12-24-13-21/h2-16H,1H3,(H,27,30)(H,28,31). The molecule has 4 aromatic rings. The second-order valence-electron chi connectivity index (χ2n) is 6.89. The van der Waals surface area contributed by atoms with Crippen molar-refractivity contribution in [3.05, 3.63) is 91.3 Å². The summed E-state index contributed by atoms with van der Waals surface area (Å²) in [5.41, 5.74) is 1.70. The van der Waals surface area contributed by atoms with Crippen LogP contribution in [0.2, 0.25) is 0 Å². The summed E-state index contributed by atoms with van der Waals surface area (Å²) in [5.74, 6) is 0.748. The van der Waals surface area contributed by atoms with Gasteiger partial charge in [-0.25, -0.2) is 9.67 Å². The number of carbonyl (C=O) groups excluding carboxylic acids is 2. The van der Waals surface area contributed by atoms with Crippen LogP contribution in [-0.2, 0) is 4.79 Å².